The summed E-state index contributed by atoms with van der Waals surface area (Å²) in [5, 5.41) is 0.166. The molecule has 0 bridgehead atoms. The normalized spacial score (nSPS) is 16.3. The van der Waals surface area contributed by atoms with Gasteiger partial charge in [-0.05, 0) is 34.7 Å². The Bertz CT molecular complexity index is 522. The molecule has 0 saturated carbocycles. The first kappa shape index (κ1) is 16.9. The second-order valence-corrected chi connectivity index (χ2v) is 6.44. The summed E-state index contributed by atoms with van der Waals surface area (Å²) in [6.45, 7) is 4.47. The van der Waals surface area contributed by atoms with Crippen LogP contribution in [0.5, 0.6) is 0 Å². The molecule has 1 aromatic carbocycles. The molecule has 116 valence electrons. The summed E-state index contributed by atoms with van der Waals surface area (Å²) in [5.74, 6) is -0.536. The number of hydrogen-bond donors (Lipinski definition) is 0. The van der Waals surface area contributed by atoms with E-state index in [0.29, 0.717) is 28.8 Å². The number of carbonyl (C=O) groups excluding carboxylic acids is 1. The zero-order valence-corrected chi connectivity index (χ0v) is 14.7. The van der Waals surface area contributed by atoms with E-state index in [0.717, 1.165) is 19.6 Å². The van der Waals surface area contributed by atoms with Gasteiger partial charge in [-0.3, -0.25) is 9.69 Å². The Hall–Kier alpha value is -0.440. The lowest BCUT2D eigenvalue weighted by molar-refractivity contribution is 0.0594. The second kappa shape index (κ2) is 7.71. The first-order valence-electron chi connectivity index (χ1n) is 6.68. The number of rotatable bonds is 4. The smallest absolute Gasteiger partial charge is 0.255 e. The van der Waals surface area contributed by atoms with Gasteiger partial charge in [0.2, 0.25) is 0 Å². The lowest BCUT2D eigenvalue weighted by Crippen LogP contribution is -2.49. The van der Waals surface area contributed by atoms with E-state index in [9.17, 15) is 9.18 Å². The third-order valence-electron chi connectivity index (χ3n) is 3.51. The van der Waals surface area contributed by atoms with Gasteiger partial charge >= 0.3 is 0 Å². The molecule has 0 radical (unpaired) electrons. The van der Waals surface area contributed by atoms with Gasteiger partial charge in [0.1, 0.15) is 5.82 Å². The lowest BCUT2D eigenvalue weighted by Gasteiger charge is -2.34. The molecule has 1 saturated heterocycles. The standard InChI is InChI=1S/C14H17ClFIN2O2/c1-21-7-6-18-2-4-19(5-3-18)14(20)10-8-13(17)12(16)9-11(10)15/h8-9H,2-7H2,1H3. The Morgan fingerprint density at radius 3 is 2.67 bits per heavy atom. The minimum atomic E-state index is -0.401. The zero-order valence-electron chi connectivity index (χ0n) is 11.7. The molecular weight excluding hydrogens is 410 g/mol. The molecule has 0 aromatic heterocycles. The van der Waals surface area contributed by atoms with Crippen LogP contribution >= 0.6 is 34.2 Å². The van der Waals surface area contributed by atoms with Crippen molar-refractivity contribution in [1.82, 2.24) is 9.80 Å². The maximum atomic E-state index is 13.4. The van der Waals surface area contributed by atoms with Crippen LogP contribution in [0.1, 0.15) is 10.4 Å². The molecule has 0 atom stereocenters. The van der Waals surface area contributed by atoms with Gasteiger partial charge in [-0.1, -0.05) is 11.6 Å². The van der Waals surface area contributed by atoms with Crippen LogP contribution in [0.2, 0.25) is 5.02 Å². The molecule has 1 aliphatic heterocycles. The molecule has 21 heavy (non-hydrogen) atoms. The predicted octanol–water partition coefficient (Wildman–Crippen LogP) is 2.49. The van der Waals surface area contributed by atoms with Crippen LogP contribution < -0.4 is 0 Å². The van der Waals surface area contributed by atoms with Crippen LogP contribution in [-0.2, 0) is 4.74 Å². The molecule has 2 rings (SSSR count). The third kappa shape index (κ3) is 4.28. The van der Waals surface area contributed by atoms with Crippen LogP contribution in [0.3, 0.4) is 0 Å². The first-order valence-corrected chi connectivity index (χ1v) is 8.13. The van der Waals surface area contributed by atoms with E-state index in [2.05, 4.69) is 4.90 Å². The summed E-state index contributed by atoms with van der Waals surface area (Å²) in [7, 11) is 1.68. The Kier molecular flexibility index (Phi) is 6.21. The SMILES string of the molecule is COCCN1CCN(C(=O)c2cc(I)c(F)cc2Cl)CC1. The monoisotopic (exact) mass is 426 g/mol. The predicted molar refractivity (Wildman–Crippen MR) is 88.3 cm³/mol. The van der Waals surface area contributed by atoms with Crippen molar-refractivity contribution >= 4 is 40.1 Å². The molecule has 0 N–H and O–H groups in total. The number of ether oxygens (including phenoxy) is 1. The highest BCUT2D eigenvalue weighted by molar-refractivity contribution is 14.1. The van der Waals surface area contributed by atoms with Gasteiger partial charge in [-0.15, -0.1) is 0 Å². The molecule has 1 heterocycles. The quantitative estimate of drug-likeness (QED) is 0.548. The number of methoxy groups -OCH3 is 1. The van der Waals surface area contributed by atoms with Gasteiger partial charge in [0, 0.05) is 43.4 Å². The van der Waals surface area contributed by atoms with Crippen molar-refractivity contribution in [3.63, 3.8) is 0 Å². The van der Waals surface area contributed by atoms with Crippen LogP contribution in [0.15, 0.2) is 12.1 Å². The lowest BCUT2D eigenvalue weighted by atomic mass is 10.1. The highest BCUT2D eigenvalue weighted by atomic mass is 127. The number of hydrogen-bond acceptors (Lipinski definition) is 3. The summed E-state index contributed by atoms with van der Waals surface area (Å²) in [6, 6.07) is 2.71. The molecule has 1 fully saturated rings. The van der Waals surface area contributed by atoms with Gasteiger partial charge in [0.05, 0.1) is 17.2 Å². The van der Waals surface area contributed by atoms with Crippen LogP contribution in [0.25, 0.3) is 0 Å². The largest absolute Gasteiger partial charge is 0.383 e. The molecule has 0 aliphatic carbocycles. The topological polar surface area (TPSA) is 32.8 Å². The fourth-order valence-electron chi connectivity index (χ4n) is 2.25. The minimum Gasteiger partial charge on any atom is -0.383 e. The van der Waals surface area contributed by atoms with Crippen LogP contribution in [-0.4, -0.2) is 62.1 Å². The summed E-state index contributed by atoms with van der Waals surface area (Å²) in [6.07, 6.45) is 0. The van der Waals surface area contributed by atoms with E-state index < -0.39 is 5.82 Å². The number of benzene rings is 1. The van der Waals surface area contributed by atoms with Gasteiger partial charge in [0.15, 0.2) is 0 Å². The van der Waals surface area contributed by atoms with Crippen molar-refractivity contribution in [3.8, 4) is 0 Å². The molecule has 7 heteroatoms. The van der Waals surface area contributed by atoms with E-state index in [1.54, 1.807) is 12.0 Å². The van der Waals surface area contributed by atoms with E-state index in [4.69, 9.17) is 16.3 Å². The summed E-state index contributed by atoms with van der Waals surface area (Å²) in [5.41, 5.74) is 0.368. The van der Waals surface area contributed by atoms with Crippen molar-refractivity contribution in [1.29, 1.82) is 0 Å². The molecule has 1 amide bonds. The molecule has 1 aliphatic rings. The van der Waals surface area contributed by atoms with Gasteiger partial charge < -0.3 is 9.64 Å². The molecule has 1 aromatic rings. The fourth-order valence-corrected chi connectivity index (χ4v) is 2.95. The van der Waals surface area contributed by atoms with Crippen LogP contribution in [0, 0.1) is 9.39 Å². The zero-order chi connectivity index (χ0) is 15.4. The molecule has 0 unspecified atom stereocenters. The number of halogens is 3. The number of carbonyl (C=O) groups is 1. The van der Waals surface area contributed by atoms with Crippen molar-refractivity contribution < 1.29 is 13.9 Å². The summed E-state index contributed by atoms with van der Waals surface area (Å²) in [4.78, 5) is 16.5. The van der Waals surface area contributed by atoms with Crippen LogP contribution in [0.4, 0.5) is 4.39 Å². The number of amides is 1. The Balaban J connectivity index is 2.00. The van der Waals surface area contributed by atoms with E-state index >= 15 is 0 Å². The number of nitrogens with zero attached hydrogens (tertiary/aromatic N) is 2. The highest BCUT2D eigenvalue weighted by Gasteiger charge is 2.24. The van der Waals surface area contributed by atoms with Crippen molar-refractivity contribution in [2.24, 2.45) is 0 Å². The number of piperazine rings is 1. The Morgan fingerprint density at radius 1 is 1.38 bits per heavy atom. The molecule has 4 nitrogen and oxygen atoms in total. The summed E-state index contributed by atoms with van der Waals surface area (Å²) < 4.78 is 18.9. The maximum absolute atomic E-state index is 13.4. The average molecular weight is 427 g/mol. The fraction of sp³-hybridized carbons (Fsp3) is 0.500. The van der Waals surface area contributed by atoms with E-state index in [1.807, 2.05) is 22.6 Å². The van der Waals surface area contributed by atoms with E-state index in [1.165, 1.54) is 12.1 Å². The van der Waals surface area contributed by atoms with Crippen molar-refractivity contribution in [2.75, 3.05) is 46.4 Å². The molecular formula is C14H17ClFIN2O2. The third-order valence-corrected chi connectivity index (χ3v) is 4.65. The van der Waals surface area contributed by atoms with Gasteiger partial charge in [0.25, 0.3) is 5.91 Å². The Morgan fingerprint density at radius 2 is 2.05 bits per heavy atom. The van der Waals surface area contributed by atoms with Gasteiger partial charge in [-0.25, -0.2) is 4.39 Å². The highest BCUT2D eigenvalue weighted by Crippen LogP contribution is 2.23. The average Bonchev–Trinajstić information content (AvgIpc) is 2.48. The van der Waals surface area contributed by atoms with Crippen molar-refractivity contribution in [3.05, 3.63) is 32.1 Å². The van der Waals surface area contributed by atoms with Crippen molar-refractivity contribution in [2.45, 2.75) is 0 Å². The maximum Gasteiger partial charge on any atom is 0.255 e. The van der Waals surface area contributed by atoms with E-state index in [-0.39, 0.29) is 10.9 Å². The Labute approximate surface area is 142 Å². The van der Waals surface area contributed by atoms with Gasteiger partial charge in [-0.2, -0.15) is 0 Å². The summed E-state index contributed by atoms with van der Waals surface area (Å²) >= 11 is 7.86. The minimum absolute atomic E-state index is 0.135. The second-order valence-electron chi connectivity index (χ2n) is 4.87. The first-order chi connectivity index (χ1) is 10.0. The molecule has 0 spiro atoms.